The highest BCUT2D eigenvalue weighted by Gasteiger charge is 2.16. The molecule has 0 aliphatic carbocycles. The Hall–Kier alpha value is -1.55. The molecule has 0 bridgehead atoms. The minimum absolute atomic E-state index is 0.495. The first-order valence-corrected chi connectivity index (χ1v) is 6.19. The highest BCUT2D eigenvalue weighted by atomic mass is 16.5. The van der Waals surface area contributed by atoms with E-state index < -0.39 is 12.0 Å². The Kier molecular flexibility index (Phi) is 5.65. The Morgan fingerprint density at radius 2 is 2.22 bits per heavy atom. The van der Waals surface area contributed by atoms with Crippen LogP contribution < -0.4 is 4.74 Å². The van der Waals surface area contributed by atoms with E-state index in [1.54, 1.807) is 18.9 Å². The average molecular weight is 251 g/mol. The van der Waals surface area contributed by atoms with Crippen molar-refractivity contribution in [3.63, 3.8) is 0 Å². The maximum Gasteiger partial charge on any atom is 0.320 e. The van der Waals surface area contributed by atoms with Crippen molar-refractivity contribution in [2.45, 2.75) is 32.9 Å². The zero-order valence-corrected chi connectivity index (χ0v) is 11.2. The topological polar surface area (TPSA) is 49.8 Å². The van der Waals surface area contributed by atoms with Crippen LogP contribution in [-0.4, -0.2) is 35.7 Å². The van der Waals surface area contributed by atoms with E-state index in [0.717, 1.165) is 17.7 Å². The van der Waals surface area contributed by atoms with E-state index in [2.05, 4.69) is 6.92 Å². The fourth-order valence-corrected chi connectivity index (χ4v) is 1.57. The molecule has 0 aliphatic rings. The van der Waals surface area contributed by atoms with Crippen LogP contribution in [0.2, 0.25) is 0 Å². The third-order valence-electron chi connectivity index (χ3n) is 2.82. The van der Waals surface area contributed by atoms with E-state index >= 15 is 0 Å². The summed E-state index contributed by atoms with van der Waals surface area (Å²) in [6.07, 6.45) is 0.972. The zero-order chi connectivity index (χ0) is 13.5. The van der Waals surface area contributed by atoms with Crippen LogP contribution in [0.3, 0.4) is 0 Å². The van der Waals surface area contributed by atoms with Crippen molar-refractivity contribution in [2.75, 3.05) is 13.7 Å². The Bertz CT molecular complexity index is 392. The third kappa shape index (κ3) is 4.37. The van der Waals surface area contributed by atoms with Gasteiger partial charge >= 0.3 is 5.97 Å². The molecule has 0 fully saturated rings. The Labute approximate surface area is 108 Å². The van der Waals surface area contributed by atoms with Gasteiger partial charge in [0.25, 0.3) is 0 Å². The number of rotatable bonds is 7. The number of benzene rings is 1. The van der Waals surface area contributed by atoms with Crippen LogP contribution in [0.15, 0.2) is 24.3 Å². The number of carbonyl (C=O) groups is 1. The second-order valence-electron chi connectivity index (χ2n) is 4.43. The van der Waals surface area contributed by atoms with Crippen LogP contribution >= 0.6 is 0 Å². The molecule has 0 aromatic heterocycles. The van der Waals surface area contributed by atoms with E-state index in [1.165, 1.54) is 0 Å². The molecule has 1 unspecified atom stereocenters. The van der Waals surface area contributed by atoms with Crippen molar-refractivity contribution in [1.29, 1.82) is 0 Å². The molecule has 18 heavy (non-hydrogen) atoms. The molecule has 0 radical (unpaired) electrons. The van der Waals surface area contributed by atoms with Gasteiger partial charge in [-0.05, 0) is 38.1 Å². The molecule has 0 saturated heterocycles. The molecule has 0 heterocycles. The summed E-state index contributed by atoms with van der Waals surface area (Å²) < 4.78 is 5.55. The number of likely N-dealkylation sites (N-methyl/N-ethyl adjacent to an activating group) is 1. The Morgan fingerprint density at radius 1 is 1.50 bits per heavy atom. The smallest absolute Gasteiger partial charge is 0.320 e. The van der Waals surface area contributed by atoms with Gasteiger partial charge in [0.1, 0.15) is 11.8 Å². The molecule has 1 rings (SSSR count). The fraction of sp³-hybridized carbons (Fsp3) is 0.500. The maximum atomic E-state index is 10.9. The molecule has 0 spiro atoms. The van der Waals surface area contributed by atoms with Crippen LogP contribution in [0, 0.1) is 0 Å². The summed E-state index contributed by atoms with van der Waals surface area (Å²) in [5.74, 6) is 0.0293. The monoisotopic (exact) mass is 251 g/mol. The van der Waals surface area contributed by atoms with Gasteiger partial charge in [-0.3, -0.25) is 9.69 Å². The lowest BCUT2D eigenvalue weighted by atomic mass is 10.2. The molecule has 1 atom stereocenters. The second-order valence-corrected chi connectivity index (χ2v) is 4.43. The summed E-state index contributed by atoms with van der Waals surface area (Å²) in [6.45, 7) is 5.04. The standard InChI is InChI=1S/C14H21NO3/c1-4-8-18-13-7-5-6-12(9-13)10-15(3)11(2)14(16)17/h5-7,9,11H,4,8,10H2,1-3H3,(H,16,17). The molecule has 0 aliphatic heterocycles. The second kappa shape index (κ2) is 7.01. The molecule has 0 amide bonds. The summed E-state index contributed by atoms with van der Waals surface area (Å²) in [5, 5.41) is 8.93. The lowest BCUT2D eigenvalue weighted by molar-refractivity contribution is -0.142. The predicted octanol–water partition coefficient (Wildman–Crippen LogP) is 2.38. The Balaban J connectivity index is 2.64. The normalized spacial score (nSPS) is 12.4. The molecular formula is C14H21NO3. The first kappa shape index (κ1) is 14.5. The predicted molar refractivity (Wildman–Crippen MR) is 70.8 cm³/mol. The van der Waals surface area contributed by atoms with Crippen molar-refractivity contribution in [1.82, 2.24) is 4.90 Å². The summed E-state index contributed by atoms with van der Waals surface area (Å²) in [4.78, 5) is 12.7. The SMILES string of the molecule is CCCOc1cccc(CN(C)C(C)C(=O)O)c1. The fourth-order valence-electron chi connectivity index (χ4n) is 1.57. The third-order valence-corrected chi connectivity index (χ3v) is 2.82. The van der Waals surface area contributed by atoms with E-state index in [-0.39, 0.29) is 0 Å². The Morgan fingerprint density at radius 3 is 2.83 bits per heavy atom. The van der Waals surface area contributed by atoms with Gasteiger partial charge in [-0.1, -0.05) is 19.1 Å². The largest absolute Gasteiger partial charge is 0.494 e. The van der Waals surface area contributed by atoms with Crippen LogP contribution in [0.1, 0.15) is 25.8 Å². The molecule has 1 aromatic carbocycles. The van der Waals surface area contributed by atoms with Gasteiger partial charge in [-0.2, -0.15) is 0 Å². The van der Waals surface area contributed by atoms with Gasteiger partial charge in [-0.15, -0.1) is 0 Å². The number of aliphatic carboxylic acids is 1. The van der Waals surface area contributed by atoms with E-state index in [9.17, 15) is 4.79 Å². The lowest BCUT2D eigenvalue weighted by Crippen LogP contribution is -2.35. The first-order chi connectivity index (χ1) is 8.54. The van der Waals surface area contributed by atoms with Crippen LogP contribution in [0.4, 0.5) is 0 Å². The van der Waals surface area contributed by atoms with Crippen molar-refractivity contribution in [2.24, 2.45) is 0 Å². The van der Waals surface area contributed by atoms with Gasteiger partial charge < -0.3 is 9.84 Å². The highest BCUT2D eigenvalue weighted by molar-refractivity contribution is 5.72. The van der Waals surface area contributed by atoms with Gasteiger partial charge in [0.2, 0.25) is 0 Å². The molecular weight excluding hydrogens is 230 g/mol. The lowest BCUT2D eigenvalue weighted by Gasteiger charge is -2.21. The van der Waals surface area contributed by atoms with E-state index in [4.69, 9.17) is 9.84 Å². The number of nitrogens with zero attached hydrogens (tertiary/aromatic N) is 1. The molecule has 4 heteroatoms. The summed E-state index contributed by atoms with van der Waals surface area (Å²) in [5.41, 5.74) is 1.05. The number of carboxylic acid groups (broad SMARTS) is 1. The molecule has 100 valence electrons. The molecule has 1 aromatic rings. The number of hydrogen-bond acceptors (Lipinski definition) is 3. The maximum absolute atomic E-state index is 10.9. The zero-order valence-electron chi connectivity index (χ0n) is 11.2. The van der Waals surface area contributed by atoms with Crippen molar-refractivity contribution < 1.29 is 14.6 Å². The van der Waals surface area contributed by atoms with Gasteiger partial charge in [0.15, 0.2) is 0 Å². The van der Waals surface area contributed by atoms with E-state index in [0.29, 0.717) is 13.2 Å². The van der Waals surface area contributed by atoms with Crippen LogP contribution in [0.25, 0.3) is 0 Å². The summed E-state index contributed by atoms with van der Waals surface area (Å²) in [7, 11) is 1.80. The highest BCUT2D eigenvalue weighted by Crippen LogP contribution is 2.15. The van der Waals surface area contributed by atoms with Gasteiger partial charge in [0, 0.05) is 6.54 Å². The van der Waals surface area contributed by atoms with Crippen LogP contribution in [0.5, 0.6) is 5.75 Å². The van der Waals surface area contributed by atoms with Crippen molar-refractivity contribution in [3.8, 4) is 5.75 Å². The van der Waals surface area contributed by atoms with Gasteiger partial charge in [0.05, 0.1) is 6.61 Å². The molecule has 0 saturated carbocycles. The number of hydrogen-bond donors (Lipinski definition) is 1. The van der Waals surface area contributed by atoms with Crippen LogP contribution in [-0.2, 0) is 11.3 Å². The first-order valence-electron chi connectivity index (χ1n) is 6.19. The van der Waals surface area contributed by atoms with Crippen molar-refractivity contribution >= 4 is 5.97 Å². The number of carboxylic acids is 1. The summed E-state index contributed by atoms with van der Waals surface area (Å²) >= 11 is 0. The quantitative estimate of drug-likeness (QED) is 0.808. The minimum Gasteiger partial charge on any atom is -0.494 e. The number of ether oxygens (including phenoxy) is 1. The average Bonchev–Trinajstić information content (AvgIpc) is 2.35. The molecule has 1 N–H and O–H groups in total. The van der Waals surface area contributed by atoms with E-state index in [1.807, 2.05) is 24.3 Å². The van der Waals surface area contributed by atoms with Crippen molar-refractivity contribution in [3.05, 3.63) is 29.8 Å². The summed E-state index contributed by atoms with van der Waals surface area (Å²) in [6, 6.07) is 7.29. The minimum atomic E-state index is -0.809. The molecule has 4 nitrogen and oxygen atoms in total. The van der Waals surface area contributed by atoms with Gasteiger partial charge in [-0.25, -0.2) is 0 Å².